The molecule has 2 aromatic carbocycles. The molecule has 2 saturated heterocycles. The van der Waals surface area contributed by atoms with E-state index >= 15 is 0 Å². The highest BCUT2D eigenvalue weighted by Crippen LogP contribution is 2.61. The van der Waals surface area contributed by atoms with E-state index in [0.717, 1.165) is 78.2 Å². The molecule has 2 aromatic heterocycles. The Bertz CT molecular complexity index is 1980. The van der Waals surface area contributed by atoms with Crippen LogP contribution in [0.4, 0.5) is 10.5 Å². The van der Waals surface area contributed by atoms with Gasteiger partial charge in [0.15, 0.2) is 0 Å². The molecule has 49 heavy (non-hydrogen) atoms. The monoisotopic (exact) mass is 680 g/mol. The summed E-state index contributed by atoms with van der Waals surface area (Å²) in [7, 11) is 1.73. The maximum Gasteiger partial charge on any atom is 0.407 e. The van der Waals surface area contributed by atoms with E-state index in [1.54, 1.807) is 18.4 Å². The fourth-order valence-electron chi connectivity index (χ4n) is 9.37. The van der Waals surface area contributed by atoms with E-state index < -0.39 is 5.60 Å². The van der Waals surface area contributed by atoms with E-state index in [9.17, 15) is 9.59 Å². The number of carbonyl (C=O) groups is 2. The molecule has 9 heteroatoms. The van der Waals surface area contributed by atoms with Crippen LogP contribution in [-0.4, -0.2) is 65.9 Å². The number of aromatic nitrogens is 1. The molecule has 5 aliphatic rings. The number of aryl methyl sites for hydroxylation is 1. The molecular formula is C40H48N4O4S. The fourth-order valence-corrected chi connectivity index (χ4v) is 10.7. The smallest absolute Gasteiger partial charge is 0.407 e. The Balaban J connectivity index is 1.01. The number of thiophene rings is 1. The molecule has 0 bridgehead atoms. The lowest BCUT2D eigenvalue weighted by Gasteiger charge is -2.52. The van der Waals surface area contributed by atoms with Gasteiger partial charge in [-0.1, -0.05) is 6.07 Å². The van der Waals surface area contributed by atoms with Crippen LogP contribution in [0.15, 0.2) is 36.4 Å². The minimum absolute atomic E-state index is 0.125. The molecule has 0 radical (unpaired) electrons. The van der Waals surface area contributed by atoms with E-state index in [4.69, 9.17) is 9.47 Å². The van der Waals surface area contributed by atoms with Gasteiger partial charge in [-0.15, -0.1) is 11.3 Å². The first-order chi connectivity index (χ1) is 23.5. The number of piperidine rings is 1. The molecule has 5 fully saturated rings. The topological polar surface area (TPSA) is 76.0 Å². The van der Waals surface area contributed by atoms with Crippen molar-refractivity contribution >= 4 is 50.0 Å². The molecule has 4 atom stereocenters. The summed E-state index contributed by atoms with van der Waals surface area (Å²) in [6, 6.07) is 14.0. The molecular weight excluding hydrogens is 633 g/mol. The minimum Gasteiger partial charge on any atom is -0.496 e. The summed E-state index contributed by atoms with van der Waals surface area (Å²) < 4.78 is 15.2. The molecule has 2 amide bonds. The van der Waals surface area contributed by atoms with Crippen molar-refractivity contribution in [3.05, 3.63) is 47.5 Å². The summed E-state index contributed by atoms with van der Waals surface area (Å²) in [5.41, 5.74) is 5.24. The third-order valence-electron chi connectivity index (χ3n) is 12.1. The average molecular weight is 681 g/mol. The maximum absolute atomic E-state index is 13.9. The summed E-state index contributed by atoms with van der Waals surface area (Å²) in [4.78, 5) is 32.1. The number of carbonyl (C=O) groups excluding carboxylic acids is 2. The Hall–Kier alpha value is -3.72. The molecule has 3 saturated carbocycles. The third kappa shape index (κ3) is 5.38. The van der Waals surface area contributed by atoms with Gasteiger partial charge in [-0.05, 0) is 126 Å². The Morgan fingerprint density at radius 3 is 2.49 bits per heavy atom. The Labute approximate surface area is 292 Å². The summed E-state index contributed by atoms with van der Waals surface area (Å²) in [5.74, 6) is 4.02. The number of nitrogens with one attached hydrogen (secondary N) is 1. The second-order valence-electron chi connectivity index (χ2n) is 16.4. The second-order valence-corrected chi connectivity index (χ2v) is 17.5. The van der Waals surface area contributed by atoms with Crippen molar-refractivity contribution in [2.75, 3.05) is 31.6 Å². The Morgan fingerprint density at radius 2 is 1.80 bits per heavy atom. The number of fused-ring (bicyclic) bond motifs is 2. The number of ether oxygens (including phenoxy) is 2. The molecule has 4 aromatic rings. The summed E-state index contributed by atoms with van der Waals surface area (Å²) in [5, 5.41) is 5.45. The Kier molecular flexibility index (Phi) is 7.28. The van der Waals surface area contributed by atoms with Crippen molar-refractivity contribution in [2.45, 2.75) is 90.4 Å². The third-order valence-corrected chi connectivity index (χ3v) is 13.3. The lowest BCUT2D eigenvalue weighted by atomic mass is 9.53. The number of hydrogen-bond donors (Lipinski definition) is 1. The van der Waals surface area contributed by atoms with Crippen molar-refractivity contribution in [1.29, 1.82) is 0 Å². The van der Waals surface area contributed by atoms with E-state index in [2.05, 4.69) is 56.9 Å². The number of rotatable bonds is 7. The number of nitrogens with zero attached hydrogens (tertiary/aromatic N) is 3. The zero-order chi connectivity index (χ0) is 33.8. The van der Waals surface area contributed by atoms with Crippen LogP contribution < -0.4 is 15.0 Å². The van der Waals surface area contributed by atoms with Crippen LogP contribution in [0.3, 0.4) is 0 Å². The second kappa shape index (κ2) is 11.4. The quantitative estimate of drug-likeness (QED) is 0.213. The van der Waals surface area contributed by atoms with E-state index in [0.29, 0.717) is 12.0 Å². The van der Waals surface area contributed by atoms with E-state index in [1.165, 1.54) is 58.4 Å². The van der Waals surface area contributed by atoms with Gasteiger partial charge in [0.05, 0.1) is 23.2 Å². The van der Waals surface area contributed by atoms with Crippen LogP contribution in [0.25, 0.3) is 31.6 Å². The first kappa shape index (κ1) is 31.3. The van der Waals surface area contributed by atoms with Crippen LogP contribution in [0.5, 0.6) is 5.75 Å². The Morgan fingerprint density at radius 1 is 1.00 bits per heavy atom. The van der Waals surface area contributed by atoms with E-state index in [-0.39, 0.29) is 18.0 Å². The summed E-state index contributed by atoms with van der Waals surface area (Å²) in [6.45, 7) is 11.6. The van der Waals surface area contributed by atoms with Crippen LogP contribution in [-0.2, 0) is 11.3 Å². The molecule has 258 valence electrons. The zero-order valence-corrected chi connectivity index (χ0v) is 30.2. The van der Waals surface area contributed by atoms with Gasteiger partial charge in [0.1, 0.15) is 11.4 Å². The minimum atomic E-state index is -0.496. The number of methoxy groups -OCH3 is 1. The number of likely N-dealkylation sites (tertiary alicyclic amines) is 1. The molecule has 3 unspecified atom stereocenters. The summed E-state index contributed by atoms with van der Waals surface area (Å²) >= 11 is 1.80. The van der Waals surface area contributed by atoms with Crippen molar-refractivity contribution in [2.24, 2.45) is 23.7 Å². The number of alkyl carbamates (subject to hydrolysis) is 1. The van der Waals surface area contributed by atoms with Crippen molar-refractivity contribution < 1.29 is 19.1 Å². The number of benzene rings is 2. The highest BCUT2D eigenvalue weighted by Gasteiger charge is 2.61. The molecule has 8 nitrogen and oxygen atoms in total. The maximum atomic E-state index is 13.9. The molecule has 0 spiro atoms. The van der Waals surface area contributed by atoms with Gasteiger partial charge in [0, 0.05) is 65.0 Å². The lowest BCUT2D eigenvalue weighted by Crippen LogP contribution is -2.53. The molecule has 1 N–H and O–H groups in total. The summed E-state index contributed by atoms with van der Waals surface area (Å²) in [6.07, 6.45) is 6.50. The lowest BCUT2D eigenvalue weighted by molar-refractivity contribution is -0.0204. The highest BCUT2D eigenvalue weighted by molar-refractivity contribution is 7.22. The fraction of sp³-hybridized carbons (Fsp3) is 0.550. The van der Waals surface area contributed by atoms with Gasteiger partial charge in [-0.3, -0.25) is 4.79 Å². The van der Waals surface area contributed by atoms with Crippen LogP contribution in [0.1, 0.15) is 75.2 Å². The van der Waals surface area contributed by atoms with Gasteiger partial charge in [0.25, 0.3) is 5.91 Å². The highest BCUT2D eigenvalue weighted by atomic mass is 32.1. The molecule has 2 aliphatic heterocycles. The van der Waals surface area contributed by atoms with Crippen molar-refractivity contribution in [3.63, 3.8) is 0 Å². The van der Waals surface area contributed by atoms with Gasteiger partial charge >= 0.3 is 6.09 Å². The average Bonchev–Trinajstić information content (AvgIpc) is 3.72. The van der Waals surface area contributed by atoms with Crippen molar-refractivity contribution in [3.8, 4) is 16.3 Å². The van der Waals surface area contributed by atoms with Gasteiger partial charge < -0.3 is 29.2 Å². The number of hydrogen-bond acceptors (Lipinski definition) is 6. The predicted octanol–water partition coefficient (Wildman–Crippen LogP) is 8.22. The normalized spacial score (nSPS) is 24.9. The standard InChI is InChI=1S/C40H48N4O4S/c1-22-35-33(47-5)17-26(38(45)44-21-27-14-25-16-31(44)36(25)27)18-34(35)49-37(22)32-15-24-8-9-29(19-30(24)43(32)20-23-6-7-23)42-12-10-28(11-13-42)41-39(46)48-40(2,3)4/h8-9,15,17-19,23,25,27-28,31,36H,6-7,10-14,16,20-21H2,1-5H3,(H,41,46)/t25?,27?,31?,36-/m1/s1. The zero-order valence-electron chi connectivity index (χ0n) is 29.4. The van der Waals surface area contributed by atoms with Crippen LogP contribution >= 0.6 is 11.3 Å². The predicted molar refractivity (Wildman–Crippen MR) is 196 cm³/mol. The first-order valence-corrected chi connectivity index (χ1v) is 19.2. The van der Waals surface area contributed by atoms with Crippen molar-refractivity contribution in [1.82, 2.24) is 14.8 Å². The van der Waals surface area contributed by atoms with Gasteiger partial charge in [-0.25, -0.2) is 4.79 Å². The number of anilines is 1. The van der Waals surface area contributed by atoms with E-state index in [1.807, 2.05) is 26.8 Å². The molecule has 4 heterocycles. The van der Waals surface area contributed by atoms with Gasteiger partial charge in [-0.2, -0.15) is 0 Å². The molecule has 9 rings (SSSR count). The number of amides is 2. The first-order valence-electron chi connectivity index (χ1n) is 18.3. The van der Waals surface area contributed by atoms with Gasteiger partial charge in [0.2, 0.25) is 0 Å². The largest absolute Gasteiger partial charge is 0.496 e. The van der Waals surface area contributed by atoms with Crippen LogP contribution in [0, 0.1) is 30.6 Å². The molecule has 3 aliphatic carbocycles. The SMILES string of the molecule is COc1cc(C(=O)N2CC3CC4CC2[C@H]43)cc2sc(-c3cc4ccc(N5CCC(NC(=O)OC(C)(C)C)CC5)cc4n3CC3CC3)c(C)c12. The van der Waals surface area contributed by atoms with Crippen LogP contribution in [0.2, 0.25) is 0 Å².